The third-order valence-corrected chi connectivity index (χ3v) is 3.88. The van der Waals surface area contributed by atoms with E-state index in [0.717, 1.165) is 18.6 Å². The largest absolute Gasteiger partial charge is 0.389 e. The average Bonchev–Trinajstić information content (AvgIpc) is 2.74. The fourth-order valence-electron chi connectivity index (χ4n) is 2.72. The molecule has 0 saturated carbocycles. The zero-order chi connectivity index (χ0) is 12.9. The summed E-state index contributed by atoms with van der Waals surface area (Å²) in [6.45, 7) is 8.26. The highest BCUT2D eigenvalue weighted by Gasteiger charge is 2.56. The first-order valence-corrected chi connectivity index (χ1v) is 6.67. The SMILES string of the molecule is CCC[C@@]1(C)CC(C23OCC(C)(CO2)CO3)=NO1. The molecule has 5 heteroatoms. The molecule has 102 valence electrons. The van der Waals surface area contributed by atoms with E-state index >= 15 is 0 Å². The van der Waals surface area contributed by atoms with Crippen LogP contribution in [0, 0.1) is 5.41 Å². The van der Waals surface area contributed by atoms with Gasteiger partial charge < -0.3 is 19.0 Å². The number of oxime groups is 1. The molecular formula is C13H21NO4. The Balaban J connectivity index is 1.73. The molecule has 0 amide bonds. The standard InChI is InChI=1S/C13H21NO4/c1-4-5-12(3)6-10(14-18-12)13-15-7-11(2,8-16-13)9-17-13/h4-9H2,1-3H3/t11?,12-,13?/m0/s1. The maximum Gasteiger partial charge on any atom is 0.329 e. The van der Waals surface area contributed by atoms with Crippen molar-refractivity contribution < 1.29 is 19.0 Å². The van der Waals surface area contributed by atoms with E-state index in [1.807, 2.05) is 0 Å². The summed E-state index contributed by atoms with van der Waals surface area (Å²) in [5.41, 5.74) is 0.474. The predicted molar refractivity (Wildman–Crippen MR) is 65.1 cm³/mol. The molecule has 0 aromatic heterocycles. The molecule has 4 aliphatic heterocycles. The summed E-state index contributed by atoms with van der Waals surface area (Å²) in [4.78, 5) is 5.56. The second-order valence-corrected chi connectivity index (χ2v) is 6.24. The van der Waals surface area contributed by atoms with E-state index in [0.29, 0.717) is 26.2 Å². The second kappa shape index (κ2) is 3.92. The molecule has 0 spiro atoms. The van der Waals surface area contributed by atoms with Crippen molar-refractivity contribution in [2.45, 2.75) is 51.6 Å². The van der Waals surface area contributed by atoms with Gasteiger partial charge in [0.15, 0.2) is 5.71 Å². The second-order valence-electron chi connectivity index (χ2n) is 6.24. The van der Waals surface area contributed by atoms with Crippen LogP contribution in [0.5, 0.6) is 0 Å². The number of rotatable bonds is 3. The van der Waals surface area contributed by atoms with Crippen molar-refractivity contribution in [3.05, 3.63) is 0 Å². The third-order valence-electron chi connectivity index (χ3n) is 3.88. The van der Waals surface area contributed by atoms with E-state index < -0.39 is 5.97 Å². The van der Waals surface area contributed by atoms with Crippen molar-refractivity contribution in [1.29, 1.82) is 0 Å². The minimum Gasteiger partial charge on any atom is -0.389 e. The van der Waals surface area contributed by atoms with Crippen LogP contribution in [0.3, 0.4) is 0 Å². The van der Waals surface area contributed by atoms with E-state index in [2.05, 4.69) is 25.9 Å². The fourth-order valence-corrected chi connectivity index (χ4v) is 2.72. The molecule has 4 aliphatic rings. The lowest BCUT2D eigenvalue weighted by atomic mass is 9.89. The molecule has 4 rings (SSSR count). The molecule has 0 radical (unpaired) electrons. The van der Waals surface area contributed by atoms with E-state index in [1.54, 1.807) is 0 Å². The van der Waals surface area contributed by atoms with Gasteiger partial charge >= 0.3 is 5.97 Å². The van der Waals surface area contributed by atoms with Gasteiger partial charge in [-0.1, -0.05) is 25.4 Å². The Bertz CT molecular complexity index is 357. The lowest BCUT2D eigenvalue weighted by molar-refractivity contribution is -0.430. The Kier molecular flexibility index (Phi) is 2.70. The van der Waals surface area contributed by atoms with Gasteiger partial charge in [-0.2, -0.15) is 0 Å². The highest BCUT2D eigenvalue weighted by Crippen LogP contribution is 2.42. The maximum absolute atomic E-state index is 5.77. The molecule has 0 N–H and O–H groups in total. The first-order chi connectivity index (χ1) is 8.49. The van der Waals surface area contributed by atoms with Crippen LogP contribution in [-0.4, -0.2) is 37.1 Å². The molecule has 0 aliphatic carbocycles. The zero-order valence-electron chi connectivity index (χ0n) is 11.3. The molecule has 3 saturated heterocycles. The van der Waals surface area contributed by atoms with Crippen molar-refractivity contribution in [3.8, 4) is 0 Å². The molecule has 0 aromatic rings. The Hall–Kier alpha value is -0.650. The summed E-state index contributed by atoms with van der Waals surface area (Å²) in [6.07, 6.45) is 2.73. The van der Waals surface area contributed by atoms with Gasteiger partial charge in [-0.25, -0.2) is 0 Å². The van der Waals surface area contributed by atoms with Crippen LogP contribution in [-0.2, 0) is 19.0 Å². The van der Waals surface area contributed by atoms with Gasteiger partial charge in [0, 0.05) is 11.8 Å². The van der Waals surface area contributed by atoms with Gasteiger partial charge in [-0.15, -0.1) is 0 Å². The lowest BCUT2D eigenvalue weighted by Gasteiger charge is -2.49. The summed E-state index contributed by atoms with van der Waals surface area (Å²) in [5, 5.41) is 4.16. The molecule has 4 heterocycles. The van der Waals surface area contributed by atoms with Crippen molar-refractivity contribution in [2.24, 2.45) is 10.6 Å². The lowest BCUT2D eigenvalue weighted by Crippen LogP contribution is -2.62. The van der Waals surface area contributed by atoms with Crippen molar-refractivity contribution in [2.75, 3.05) is 19.8 Å². The number of hydrogen-bond acceptors (Lipinski definition) is 5. The van der Waals surface area contributed by atoms with Gasteiger partial charge in [0.25, 0.3) is 0 Å². The van der Waals surface area contributed by atoms with Gasteiger partial charge in [-0.05, 0) is 13.3 Å². The van der Waals surface area contributed by atoms with E-state index in [-0.39, 0.29) is 11.0 Å². The molecule has 2 bridgehead atoms. The number of fused-ring (bicyclic) bond motifs is 3. The molecule has 1 atom stereocenters. The maximum atomic E-state index is 5.77. The molecular weight excluding hydrogens is 234 g/mol. The molecule has 0 aromatic carbocycles. The molecule has 18 heavy (non-hydrogen) atoms. The fraction of sp³-hybridized carbons (Fsp3) is 0.923. The van der Waals surface area contributed by atoms with Crippen molar-refractivity contribution in [1.82, 2.24) is 0 Å². The molecule has 3 fully saturated rings. The van der Waals surface area contributed by atoms with Gasteiger partial charge in [0.1, 0.15) is 5.60 Å². The van der Waals surface area contributed by atoms with Crippen LogP contribution in [0.2, 0.25) is 0 Å². The van der Waals surface area contributed by atoms with Gasteiger partial charge in [0.05, 0.1) is 19.8 Å². The van der Waals surface area contributed by atoms with Crippen LogP contribution < -0.4 is 0 Å². The first-order valence-electron chi connectivity index (χ1n) is 6.67. The van der Waals surface area contributed by atoms with Crippen LogP contribution in [0.4, 0.5) is 0 Å². The van der Waals surface area contributed by atoms with Crippen molar-refractivity contribution in [3.63, 3.8) is 0 Å². The van der Waals surface area contributed by atoms with E-state index in [9.17, 15) is 0 Å². The third kappa shape index (κ3) is 1.85. The minimum absolute atomic E-state index is 0.0194. The average molecular weight is 255 g/mol. The quantitative estimate of drug-likeness (QED) is 0.774. The summed E-state index contributed by atoms with van der Waals surface area (Å²) >= 11 is 0. The predicted octanol–water partition coefficient (Wildman–Crippen LogP) is 2.06. The molecule has 0 unspecified atom stereocenters. The number of hydrogen-bond donors (Lipinski definition) is 0. The first kappa shape index (κ1) is 12.4. The van der Waals surface area contributed by atoms with Crippen LogP contribution in [0.25, 0.3) is 0 Å². The van der Waals surface area contributed by atoms with E-state index in [4.69, 9.17) is 19.0 Å². The highest BCUT2D eigenvalue weighted by molar-refractivity contribution is 5.91. The Morgan fingerprint density at radius 1 is 1.11 bits per heavy atom. The van der Waals surface area contributed by atoms with Crippen molar-refractivity contribution >= 4 is 5.71 Å². The highest BCUT2D eigenvalue weighted by atomic mass is 16.9. The smallest absolute Gasteiger partial charge is 0.329 e. The number of nitrogens with zero attached hydrogens (tertiary/aromatic N) is 1. The topological polar surface area (TPSA) is 49.3 Å². The summed E-state index contributed by atoms with van der Waals surface area (Å²) in [6, 6.07) is 0. The van der Waals surface area contributed by atoms with Gasteiger partial charge in [-0.3, -0.25) is 0 Å². The zero-order valence-corrected chi connectivity index (χ0v) is 11.3. The monoisotopic (exact) mass is 255 g/mol. The summed E-state index contributed by atoms with van der Waals surface area (Å²) in [5.74, 6) is -1.08. The Morgan fingerprint density at radius 2 is 1.72 bits per heavy atom. The van der Waals surface area contributed by atoms with Crippen LogP contribution >= 0.6 is 0 Å². The van der Waals surface area contributed by atoms with Gasteiger partial charge in [0.2, 0.25) is 0 Å². The molecule has 5 nitrogen and oxygen atoms in total. The number of ether oxygens (including phenoxy) is 3. The Morgan fingerprint density at radius 3 is 2.28 bits per heavy atom. The van der Waals surface area contributed by atoms with E-state index in [1.165, 1.54) is 0 Å². The summed E-state index contributed by atoms with van der Waals surface area (Å²) in [7, 11) is 0. The minimum atomic E-state index is -1.08. The summed E-state index contributed by atoms with van der Waals surface area (Å²) < 4.78 is 17.3. The van der Waals surface area contributed by atoms with Crippen LogP contribution in [0.15, 0.2) is 5.16 Å². The Labute approximate surface area is 107 Å². The van der Waals surface area contributed by atoms with Crippen LogP contribution in [0.1, 0.15) is 40.0 Å². The normalized spacial score (nSPS) is 46.9.